The zero-order valence-electron chi connectivity index (χ0n) is 12.6. The summed E-state index contributed by atoms with van der Waals surface area (Å²) in [5.74, 6) is 1.74. The summed E-state index contributed by atoms with van der Waals surface area (Å²) in [5.41, 5.74) is 0.733. The lowest BCUT2D eigenvalue weighted by Gasteiger charge is -2.10. The van der Waals surface area contributed by atoms with Gasteiger partial charge in [-0.15, -0.1) is 0 Å². The summed E-state index contributed by atoms with van der Waals surface area (Å²) in [5, 5.41) is 0. The summed E-state index contributed by atoms with van der Waals surface area (Å²) >= 11 is 0. The highest BCUT2D eigenvalue weighted by molar-refractivity contribution is 6.20. The molecular weight excluding hydrogens is 299 g/mol. The Hall–Kier alpha value is -2.96. The van der Waals surface area contributed by atoms with Crippen molar-refractivity contribution in [3.05, 3.63) is 47.5 Å². The maximum absolute atomic E-state index is 10.9. The van der Waals surface area contributed by atoms with Crippen LogP contribution in [0.4, 0.5) is 0 Å². The molecule has 0 N–H and O–H groups in total. The minimum atomic E-state index is 0.367. The van der Waals surface area contributed by atoms with E-state index in [0.717, 1.165) is 7.69 Å². The number of carbonyl (C=O) groups is 2. The molecule has 7 heteroatoms. The molecule has 0 saturated heterocycles. The van der Waals surface area contributed by atoms with Gasteiger partial charge in [0, 0.05) is 0 Å². The molecule has 6 nitrogen and oxygen atoms in total. The van der Waals surface area contributed by atoms with Crippen LogP contribution in [0.15, 0.2) is 36.4 Å². The number of hydrogen-bond donors (Lipinski definition) is 0. The van der Waals surface area contributed by atoms with Crippen LogP contribution in [0.1, 0.15) is 20.7 Å². The van der Waals surface area contributed by atoms with Crippen LogP contribution in [-0.2, 0) is 0 Å². The summed E-state index contributed by atoms with van der Waals surface area (Å²) in [7, 11) is 4.06. The molecular formula is C16H14BO6. The predicted octanol–water partition coefficient (Wildman–Crippen LogP) is 2.32. The Labute approximate surface area is 134 Å². The lowest BCUT2D eigenvalue weighted by molar-refractivity contribution is 0.111. The summed E-state index contributed by atoms with van der Waals surface area (Å²) in [4.78, 5) is 21.9. The normalized spacial score (nSPS) is 9.65. The minimum Gasteiger partial charge on any atom is -0.526 e. The molecule has 0 spiro atoms. The van der Waals surface area contributed by atoms with E-state index in [-0.39, 0.29) is 0 Å². The van der Waals surface area contributed by atoms with Crippen molar-refractivity contribution in [2.24, 2.45) is 0 Å². The van der Waals surface area contributed by atoms with Crippen LogP contribution in [0.5, 0.6) is 23.0 Å². The average Bonchev–Trinajstić information content (AvgIpc) is 2.61. The van der Waals surface area contributed by atoms with Gasteiger partial charge in [-0.25, -0.2) is 0 Å². The molecule has 0 aliphatic rings. The first kappa shape index (κ1) is 16.4. The summed E-state index contributed by atoms with van der Waals surface area (Å²) < 4.78 is 20.7. The van der Waals surface area contributed by atoms with E-state index < -0.39 is 0 Å². The van der Waals surface area contributed by atoms with Crippen LogP contribution in [0, 0.1) is 0 Å². The summed E-state index contributed by atoms with van der Waals surface area (Å²) in [6.07, 6.45) is 1.35. The molecule has 1 radical (unpaired) electrons. The smallest absolute Gasteiger partial charge is 0.526 e. The van der Waals surface area contributed by atoms with Crippen LogP contribution in [0.3, 0.4) is 0 Å². The lowest BCUT2D eigenvalue weighted by atomic mass is 10.2. The quantitative estimate of drug-likeness (QED) is 0.550. The molecule has 2 rings (SSSR count). The second-order valence-corrected chi connectivity index (χ2v) is 4.38. The highest BCUT2D eigenvalue weighted by Crippen LogP contribution is 2.24. The largest absolute Gasteiger partial charge is 0.658 e. The predicted molar refractivity (Wildman–Crippen MR) is 83.8 cm³/mol. The molecule has 2 aromatic carbocycles. The molecule has 0 aliphatic carbocycles. The molecule has 117 valence electrons. The molecule has 0 aromatic heterocycles. The zero-order chi connectivity index (χ0) is 16.7. The highest BCUT2D eigenvalue weighted by atomic mass is 16.6. The first-order valence-electron chi connectivity index (χ1n) is 6.63. The van der Waals surface area contributed by atoms with Crippen LogP contribution in [-0.4, -0.2) is 34.5 Å². The zero-order valence-corrected chi connectivity index (χ0v) is 12.6. The van der Waals surface area contributed by atoms with E-state index in [1.165, 1.54) is 26.4 Å². The van der Waals surface area contributed by atoms with Crippen LogP contribution < -0.4 is 18.8 Å². The van der Waals surface area contributed by atoms with E-state index in [0.29, 0.717) is 46.7 Å². The average molecular weight is 313 g/mol. The number of carbonyl (C=O) groups excluding carboxylic acids is 2. The van der Waals surface area contributed by atoms with Gasteiger partial charge in [-0.2, -0.15) is 0 Å². The van der Waals surface area contributed by atoms with Gasteiger partial charge in [0.1, 0.15) is 23.0 Å². The lowest BCUT2D eigenvalue weighted by Crippen LogP contribution is -2.11. The molecule has 0 aliphatic heterocycles. The summed E-state index contributed by atoms with van der Waals surface area (Å²) in [6, 6.07) is 9.55. The standard InChI is InChI=1S/C16H14BO6/c1-20-15-5-3-13(7-11(15)9-18)22-17-23-14-4-6-16(21-2)12(8-14)10-19/h3-10H,1-2H3. The van der Waals surface area contributed by atoms with E-state index in [2.05, 4.69) is 0 Å². The molecule has 23 heavy (non-hydrogen) atoms. The van der Waals surface area contributed by atoms with Gasteiger partial charge in [-0.05, 0) is 36.4 Å². The Morgan fingerprint density at radius 1 is 0.783 bits per heavy atom. The van der Waals surface area contributed by atoms with Crippen LogP contribution in [0.2, 0.25) is 0 Å². The molecule has 2 aromatic rings. The third-order valence-electron chi connectivity index (χ3n) is 3.02. The fourth-order valence-corrected chi connectivity index (χ4v) is 1.89. The topological polar surface area (TPSA) is 71.1 Å². The van der Waals surface area contributed by atoms with Gasteiger partial charge in [-0.3, -0.25) is 9.59 Å². The van der Waals surface area contributed by atoms with Crippen LogP contribution >= 0.6 is 0 Å². The molecule has 0 bridgehead atoms. The van der Waals surface area contributed by atoms with Crippen molar-refractivity contribution >= 4 is 20.3 Å². The van der Waals surface area contributed by atoms with Gasteiger partial charge in [0.15, 0.2) is 12.6 Å². The van der Waals surface area contributed by atoms with Crippen molar-refractivity contribution in [3.63, 3.8) is 0 Å². The summed E-state index contributed by atoms with van der Waals surface area (Å²) in [6.45, 7) is 0. The van der Waals surface area contributed by atoms with E-state index >= 15 is 0 Å². The Morgan fingerprint density at radius 3 is 1.57 bits per heavy atom. The van der Waals surface area contributed by atoms with E-state index in [1.807, 2.05) is 0 Å². The Bertz CT molecular complexity index is 641. The van der Waals surface area contributed by atoms with Gasteiger partial charge >= 0.3 is 7.69 Å². The van der Waals surface area contributed by atoms with Crippen molar-refractivity contribution < 1.29 is 28.4 Å². The van der Waals surface area contributed by atoms with Crippen molar-refractivity contribution in [3.8, 4) is 23.0 Å². The first-order chi connectivity index (χ1) is 11.2. The number of rotatable bonds is 8. The first-order valence-corrected chi connectivity index (χ1v) is 6.63. The second-order valence-electron chi connectivity index (χ2n) is 4.38. The Balaban J connectivity index is 2.00. The number of methoxy groups -OCH3 is 2. The van der Waals surface area contributed by atoms with Crippen molar-refractivity contribution in [1.29, 1.82) is 0 Å². The number of aldehydes is 2. The molecule has 0 saturated carbocycles. The number of ether oxygens (including phenoxy) is 2. The maximum Gasteiger partial charge on any atom is 0.658 e. The number of benzene rings is 2. The fraction of sp³-hybridized carbons (Fsp3) is 0.125. The second kappa shape index (κ2) is 7.88. The van der Waals surface area contributed by atoms with Gasteiger partial charge in [0.25, 0.3) is 0 Å². The van der Waals surface area contributed by atoms with Gasteiger partial charge in [0.2, 0.25) is 0 Å². The van der Waals surface area contributed by atoms with E-state index in [4.69, 9.17) is 18.8 Å². The highest BCUT2D eigenvalue weighted by Gasteiger charge is 2.08. The third-order valence-corrected chi connectivity index (χ3v) is 3.02. The van der Waals surface area contributed by atoms with Gasteiger partial charge in [0.05, 0.1) is 25.3 Å². The third kappa shape index (κ3) is 4.03. The Morgan fingerprint density at radius 2 is 1.22 bits per heavy atom. The molecule has 0 heterocycles. The van der Waals surface area contributed by atoms with Crippen molar-refractivity contribution in [1.82, 2.24) is 0 Å². The molecule has 0 amide bonds. The Kier molecular flexibility index (Phi) is 5.63. The maximum atomic E-state index is 10.9. The van der Waals surface area contributed by atoms with Gasteiger partial charge < -0.3 is 18.8 Å². The SMILES string of the molecule is COc1ccc(O[B]Oc2ccc(OC)c(C=O)c2)cc1C=O. The van der Waals surface area contributed by atoms with Crippen molar-refractivity contribution in [2.45, 2.75) is 0 Å². The monoisotopic (exact) mass is 313 g/mol. The van der Waals surface area contributed by atoms with E-state index in [9.17, 15) is 9.59 Å². The number of hydrogen-bond acceptors (Lipinski definition) is 6. The minimum absolute atomic E-state index is 0.367. The van der Waals surface area contributed by atoms with Crippen molar-refractivity contribution in [2.75, 3.05) is 14.2 Å². The molecule has 0 atom stereocenters. The van der Waals surface area contributed by atoms with Crippen LogP contribution in [0.25, 0.3) is 0 Å². The molecule has 0 unspecified atom stereocenters. The molecule has 0 fully saturated rings. The van der Waals surface area contributed by atoms with E-state index in [1.54, 1.807) is 24.3 Å². The fourth-order valence-electron chi connectivity index (χ4n) is 1.89. The van der Waals surface area contributed by atoms with Gasteiger partial charge in [-0.1, -0.05) is 0 Å².